The van der Waals surface area contributed by atoms with Crippen molar-refractivity contribution in [2.45, 2.75) is 57.9 Å². The topological polar surface area (TPSA) is 55.1 Å². The van der Waals surface area contributed by atoms with Gasteiger partial charge in [0.1, 0.15) is 5.01 Å². The van der Waals surface area contributed by atoms with E-state index in [1.54, 1.807) is 11.3 Å². The number of fused-ring (bicyclic) bond motifs is 1. The molecular formula is C13H21N5S. The second-order valence-electron chi connectivity index (χ2n) is 6.34. The van der Waals surface area contributed by atoms with E-state index >= 15 is 0 Å². The SMILES string of the molecule is CCC1(c2nn3c(C(C)(C)C)nnc3s2)CCCN1. The molecule has 1 N–H and O–H groups in total. The lowest BCUT2D eigenvalue weighted by Crippen LogP contribution is -2.36. The summed E-state index contributed by atoms with van der Waals surface area (Å²) in [7, 11) is 0. The van der Waals surface area contributed by atoms with Gasteiger partial charge in [0.2, 0.25) is 4.96 Å². The van der Waals surface area contributed by atoms with Crippen LogP contribution in [0, 0.1) is 0 Å². The lowest BCUT2D eigenvalue weighted by atomic mass is 9.95. The number of nitrogens with one attached hydrogen (secondary N) is 1. The molecule has 2 aromatic heterocycles. The first-order valence-electron chi connectivity index (χ1n) is 6.94. The van der Waals surface area contributed by atoms with Crippen molar-refractivity contribution in [3.05, 3.63) is 10.8 Å². The molecule has 1 aliphatic rings. The molecule has 0 aromatic carbocycles. The van der Waals surface area contributed by atoms with Crippen molar-refractivity contribution in [2.24, 2.45) is 0 Å². The van der Waals surface area contributed by atoms with Crippen LogP contribution in [0.15, 0.2) is 0 Å². The van der Waals surface area contributed by atoms with E-state index in [0.717, 1.165) is 28.8 Å². The van der Waals surface area contributed by atoms with Gasteiger partial charge < -0.3 is 5.32 Å². The Hall–Kier alpha value is -1.01. The van der Waals surface area contributed by atoms with E-state index in [9.17, 15) is 0 Å². The number of hydrogen-bond acceptors (Lipinski definition) is 5. The Kier molecular flexibility index (Phi) is 2.90. The van der Waals surface area contributed by atoms with Crippen molar-refractivity contribution in [1.29, 1.82) is 0 Å². The molecule has 1 atom stereocenters. The van der Waals surface area contributed by atoms with Gasteiger partial charge in [-0.05, 0) is 25.8 Å². The first-order chi connectivity index (χ1) is 8.96. The first kappa shape index (κ1) is 13.0. The Morgan fingerprint density at radius 2 is 2.16 bits per heavy atom. The van der Waals surface area contributed by atoms with Crippen molar-refractivity contribution in [2.75, 3.05) is 6.54 Å². The Morgan fingerprint density at radius 1 is 1.37 bits per heavy atom. The Balaban J connectivity index is 2.10. The summed E-state index contributed by atoms with van der Waals surface area (Å²) < 4.78 is 1.93. The van der Waals surface area contributed by atoms with Crippen LogP contribution < -0.4 is 5.32 Å². The van der Waals surface area contributed by atoms with Gasteiger partial charge >= 0.3 is 0 Å². The van der Waals surface area contributed by atoms with Gasteiger partial charge in [0, 0.05) is 5.41 Å². The maximum Gasteiger partial charge on any atom is 0.234 e. The van der Waals surface area contributed by atoms with Gasteiger partial charge in [-0.1, -0.05) is 39.0 Å². The molecule has 19 heavy (non-hydrogen) atoms. The fourth-order valence-electron chi connectivity index (χ4n) is 2.72. The van der Waals surface area contributed by atoms with Crippen molar-refractivity contribution in [1.82, 2.24) is 25.1 Å². The molecule has 0 radical (unpaired) electrons. The predicted octanol–water partition coefficient (Wildman–Crippen LogP) is 2.47. The van der Waals surface area contributed by atoms with Gasteiger partial charge in [-0.3, -0.25) is 0 Å². The highest BCUT2D eigenvalue weighted by atomic mass is 32.1. The Labute approximate surface area is 117 Å². The third-order valence-electron chi connectivity index (χ3n) is 3.92. The molecule has 3 heterocycles. The van der Waals surface area contributed by atoms with E-state index in [2.05, 4.69) is 43.2 Å². The summed E-state index contributed by atoms with van der Waals surface area (Å²) in [5.74, 6) is 0.939. The van der Waals surface area contributed by atoms with Gasteiger partial charge in [-0.25, -0.2) is 0 Å². The molecule has 104 valence electrons. The highest BCUT2D eigenvalue weighted by Crippen LogP contribution is 2.36. The summed E-state index contributed by atoms with van der Waals surface area (Å²) >= 11 is 1.67. The fourth-order valence-corrected chi connectivity index (χ4v) is 3.82. The first-order valence-corrected chi connectivity index (χ1v) is 7.76. The van der Waals surface area contributed by atoms with Crippen LogP contribution >= 0.6 is 11.3 Å². The van der Waals surface area contributed by atoms with Crippen LogP contribution in [0.3, 0.4) is 0 Å². The standard InChI is InChI=1S/C13H21N5S/c1-5-13(7-6-8-14-13)10-17-18-9(12(2,3)4)15-16-11(18)19-10/h14H,5-8H2,1-4H3. The molecule has 2 aromatic rings. The fraction of sp³-hybridized carbons (Fsp3) is 0.769. The molecule has 3 rings (SSSR count). The molecule has 1 aliphatic heterocycles. The van der Waals surface area contributed by atoms with E-state index < -0.39 is 0 Å². The summed E-state index contributed by atoms with van der Waals surface area (Å²) in [6, 6.07) is 0. The van der Waals surface area contributed by atoms with Crippen LogP contribution in [-0.2, 0) is 11.0 Å². The quantitative estimate of drug-likeness (QED) is 0.917. The molecule has 1 unspecified atom stereocenters. The van der Waals surface area contributed by atoms with Gasteiger partial charge in [0.05, 0.1) is 5.54 Å². The molecule has 1 fully saturated rings. The molecule has 0 amide bonds. The molecule has 1 saturated heterocycles. The monoisotopic (exact) mass is 279 g/mol. The molecule has 0 saturated carbocycles. The van der Waals surface area contributed by atoms with E-state index in [-0.39, 0.29) is 11.0 Å². The average molecular weight is 279 g/mol. The lowest BCUT2D eigenvalue weighted by molar-refractivity contribution is 0.369. The Morgan fingerprint density at radius 3 is 2.74 bits per heavy atom. The van der Waals surface area contributed by atoms with Crippen LogP contribution in [0.2, 0.25) is 0 Å². The summed E-state index contributed by atoms with van der Waals surface area (Å²) in [6.45, 7) is 9.75. The van der Waals surface area contributed by atoms with E-state index in [1.165, 1.54) is 12.8 Å². The second kappa shape index (κ2) is 4.24. The van der Waals surface area contributed by atoms with Crippen molar-refractivity contribution in [3.8, 4) is 0 Å². The van der Waals surface area contributed by atoms with Gasteiger partial charge in [-0.15, -0.1) is 10.2 Å². The van der Waals surface area contributed by atoms with Gasteiger partial charge in [-0.2, -0.15) is 9.61 Å². The van der Waals surface area contributed by atoms with Crippen LogP contribution in [0.5, 0.6) is 0 Å². The minimum absolute atomic E-state index is 0.0345. The highest BCUT2D eigenvalue weighted by Gasteiger charge is 2.37. The largest absolute Gasteiger partial charge is 0.305 e. The Bertz CT molecular complexity index is 586. The molecular weight excluding hydrogens is 258 g/mol. The minimum atomic E-state index is -0.0345. The maximum absolute atomic E-state index is 4.81. The molecule has 0 spiro atoms. The number of aromatic nitrogens is 4. The van der Waals surface area contributed by atoms with Crippen LogP contribution in [0.4, 0.5) is 0 Å². The second-order valence-corrected chi connectivity index (χ2v) is 7.30. The number of nitrogens with zero attached hydrogens (tertiary/aromatic N) is 4. The molecule has 5 nitrogen and oxygen atoms in total. The van der Waals surface area contributed by atoms with E-state index in [0.29, 0.717) is 0 Å². The normalized spacial score (nSPS) is 24.4. The third kappa shape index (κ3) is 1.97. The third-order valence-corrected chi connectivity index (χ3v) is 5.02. The van der Waals surface area contributed by atoms with Crippen LogP contribution in [0.25, 0.3) is 4.96 Å². The lowest BCUT2D eigenvalue weighted by Gasteiger charge is -2.24. The van der Waals surface area contributed by atoms with Crippen LogP contribution in [0.1, 0.15) is 57.8 Å². The van der Waals surface area contributed by atoms with Crippen molar-refractivity contribution >= 4 is 16.3 Å². The molecule has 6 heteroatoms. The summed E-state index contributed by atoms with van der Waals surface area (Å²) in [4.78, 5) is 0.904. The average Bonchev–Trinajstić information content (AvgIpc) is 3.01. The van der Waals surface area contributed by atoms with E-state index in [1.807, 2.05) is 4.52 Å². The summed E-state index contributed by atoms with van der Waals surface area (Å²) in [6.07, 6.45) is 3.46. The molecule has 0 aliphatic carbocycles. The maximum atomic E-state index is 4.81. The smallest absolute Gasteiger partial charge is 0.234 e. The number of hydrogen-bond donors (Lipinski definition) is 1. The predicted molar refractivity (Wildman–Crippen MR) is 76.6 cm³/mol. The molecule has 0 bridgehead atoms. The van der Waals surface area contributed by atoms with Crippen molar-refractivity contribution < 1.29 is 0 Å². The summed E-state index contributed by atoms with van der Waals surface area (Å²) in [5.41, 5.74) is 0.0216. The van der Waals surface area contributed by atoms with E-state index in [4.69, 9.17) is 5.10 Å². The number of rotatable bonds is 2. The van der Waals surface area contributed by atoms with Gasteiger partial charge in [0.15, 0.2) is 5.82 Å². The van der Waals surface area contributed by atoms with Crippen molar-refractivity contribution in [3.63, 3.8) is 0 Å². The zero-order valence-electron chi connectivity index (χ0n) is 12.0. The summed E-state index contributed by atoms with van der Waals surface area (Å²) in [5, 5.41) is 18.2. The minimum Gasteiger partial charge on any atom is -0.305 e. The zero-order valence-corrected chi connectivity index (χ0v) is 12.8. The zero-order chi connectivity index (χ0) is 13.7. The van der Waals surface area contributed by atoms with Crippen LogP contribution in [-0.4, -0.2) is 26.4 Å². The highest BCUT2D eigenvalue weighted by molar-refractivity contribution is 7.16. The van der Waals surface area contributed by atoms with Gasteiger partial charge in [0.25, 0.3) is 0 Å².